The molecule has 0 unspecified atom stereocenters. The van der Waals surface area contributed by atoms with Gasteiger partial charge in [0.1, 0.15) is 0 Å². The summed E-state index contributed by atoms with van der Waals surface area (Å²) in [6.45, 7) is 0. The molecule has 0 bridgehead atoms. The van der Waals surface area contributed by atoms with E-state index in [1.807, 2.05) is 0 Å². The summed E-state index contributed by atoms with van der Waals surface area (Å²) in [6.07, 6.45) is 4.32. The first-order chi connectivity index (χ1) is 36.7. The quantitative estimate of drug-likeness (QED) is 0.133. The molecule has 0 aromatic heterocycles. The minimum absolute atomic E-state index is 0.932. The minimum atomic E-state index is 0.932. The summed E-state index contributed by atoms with van der Waals surface area (Å²) in [5, 5.41) is 14.8. The van der Waals surface area contributed by atoms with Gasteiger partial charge in [0, 0.05) is 34.1 Å². The van der Waals surface area contributed by atoms with Crippen LogP contribution in [-0.4, -0.2) is 0 Å². The predicted octanol–water partition coefficient (Wildman–Crippen LogP) is 18.5. The molecular weight excluding hydrogens is 893 g/mol. The average Bonchev–Trinajstić information content (AvgIpc) is 3.47. The Hall–Kier alpha value is -9.50. The van der Waals surface area contributed by atoms with Gasteiger partial charge in [-0.25, -0.2) is 0 Å². The first-order valence-corrected chi connectivity index (χ1v) is 25.8. The Morgan fingerprint density at radius 1 is 0.270 bits per heavy atom. The predicted molar refractivity (Wildman–Crippen MR) is 316 cm³/mol. The maximum atomic E-state index is 2.49. The van der Waals surface area contributed by atoms with Crippen LogP contribution in [-0.2, 0) is 0 Å². The van der Waals surface area contributed by atoms with Gasteiger partial charge in [-0.1, -0.05) is 206 Å². The Kier molecular flexibility index (Phi) is 10.7. The molecule has 13 aromatic carbocycles. The van der Waals surface area contributed by atoms with Gasteiger partial charge in [-0.15, -0.1) is 0 Å². The summed E-state index contributed by atoms with van der Waals surface area (Å²) in [7, 11) is 0. The van der Waals surface area contributed by atoms with Crippen molar-refractivity contribution < 1.29 is 0 Å². The Morgan fingerprint density at radius 3 is 1.32 bits per heavy atom. The van der Waals surface area contributed by atoms with Crippen LogP contribution in [0.2, 0.25) is 0 Å². The largest absolute Gasteiger partial charge is 0.310 e. The molecule has 0 fully saturated rings. The van der Waals surface area contributed by atoms with Crippen LogP contribution in [0.3, 0.4) is 0 Å². The van der Waals surface area contributed by atoms with Crippen LogP contribution >= 0.6 is 0 Å². The molecule has 1 aliphatic rings. The Labute approximate surface area is 431 Å². The second-order valence-corrected chi connectivity index (χ2v) is 19.5. The Morgan fingerprint density at radius 2 is 0.716 bits per heavy atom. The molecule has 0 spiro atoms. The van der Waals surface area contributed by atoms with E-state index >= 15 is 0 Å². The van der Waals surface area contributed by atoms with Gasteiger partial charge in [0.2, 0.25) is 0 Å². The fourth-order valence-corrected chi connectivity index (χ4v) is 11.9. The van der Waals surface area contributed by atoms with Crippen LogP contribution in [0.25, 0.3) is 87.8 Å². The normalized spacial score (nSPS) is 12.3. The Bertz CT molecular complexity index is 4430. The van der Waals surface area contributed by atoms with E-state index in [0.717, 1.165) is 47.0 Å². The molecule has 0 saturated heterocycles. The highest BCUT2D eigenvalue weighted by atomic mass is 15.1. The minimum Gasteiger partial charge on any atom is -0.310 e. The topological polar surface area (TPSA) is 6.48 Å². The van der Waals surface area contributed by atoms with Crippen LogP contribution in [0.4, 0.5) is 34.1 Å². The molecule has 0 saturated carbocycles. The van der Waals surface area contributed by atoms with Crippen molar-refractivity contribution in [3.63, 3.8) is 0 Å². The first kappa shape index (κ1) is 43.3. The number of hydrogen-bond acceptors (Lipinski definition) is 2. The second-order valence-electron chi connectivity index (χ2n) is 19.5. The summed E-state index contributed by atoms with van der Waals surface area (Å²) in [4.78, 5) is 4.86. The molecule has 0 aliphatic heterocycles. The lowest BCUT2D eigenvalue weighted by molar-refractivity contribution is 1.08. The lowest BCUT2D eigenvalue weighted by Crippen LogP contribution is -2.29. The molecular formula is C72H50N2. The fourth-order valence-electron chi connectivity index (χ4n) is 11.9. The van der Waals surface area contributed by atoms with Crippen molar-refractivity contribution in [3.05, 3.63) is 289 Å². The molecule has 348 valence electrons. The number of hydrogen-bond donors (Lipinski definition) is 0. The molecule has 2 heteroatoms. The maximum absolute atomic E-state index is 2.49. The van der Waals surface area contributed by atoms with E-state index in [1.165, 1.54) is 97.7 Å². The van der Waals surface area contributed by atoms with E-state index in [-0.39, 0.29) is 0 Å². The zero-order chi connectivity index (χ0) is 49.0. The van der Waals surface area contributed by atoms with Crippen molar-refractivity contribution in [2.24, 2.45) is 0 Å². The number of benzene rings is 13. The van der Waals surface area contributed by atoms with Crippen molar-refractivity contribution in [1.29, 1.82) is 0 Å². The van der Waals surface area contributed by atoms with Crippen LogP contribution < -0.4 is 20.2 Å². The molecule has 0 radical (unpaired) electrons. The van der Waals surface area contributed by atoms with Crippen LogP contribution in [0, 0.1) is 0 Å². The Balaban J connectivity index is 1.12. The van der Waals surface area contributed by atoms with E-state index in [2.05, 4.69) is 289 Å². The first-order valence-electron chi connectivity index (χ1n) is 25.8. The van der Waals surface area contributed by atoms with Crippen molar-refractivity contribution in [3.8, 4) is 22.3 Å². The third kappa shape index (κ3) is 7.50. The zero-order valence-electron chi connectivity index (χ0n) is 40.9. The smallest absolute Gasteiger partial charge is 0.0468 e. The van der Waals surface area contributed by atoms with E-state index in [4.69, 9.17) is 0 Å². The second kappa shape index (κ2) is 18.3. The third-order valence-corrected chi connectivity index (χ3v) is 15.2. The highest BCUT2D eigenvalue weighted by molar-refractivity contribution is 6.23. The summed E-state index contributed by atoms with van der Waals surface area (Å²) in [5.74, 6) is 0. The van der Waals surface area contributed by atoms with E-state index < -0.39 is 0 Å². The molecule has 1 aliphatic carbocycles. The van der Waals surface area contributed by atoms with E-state index in [0.29, 0.717) is 0 Å². The highest BCUT2D eigenvalue weighted by Gasteiger charge is 2.25. The van der Waals surface area contributed by atoms with Crippen molar-refractivity contribution >= 4 is 99.6 Å². The van der Waals surface area contributed by atoms with Crippen molar-refractivity contribution in [1.82, 2.24) is 0 Å². The summed E-state index contributed by atoms with van der Waals surface area (Å²) in [6, 6.07) is 101. The number of fused-ring (bicyclic) bond motifs is 6. The molecule has 13 aromatic rings. The number of anilines is 6. The van der Waals surface area contributed by atoms with E-state index in [9.17, 15) is 0 Å². The van der Waals surface area contributed by atoms with E-state index in [1.54, 1.807) is 0 Å². The number of para-hydroxylation sites is 2. The fraction of sp³-hybridized carbons (Fsp3) is 0.0278. The monoisotopic (exact) mass is 942 g/mol. The van der Waals surface area contributed by atoms with Gasteiger partial charge in [0.05, 0.1) is 0 Å². The molecule has 74 heavy (non-hydrogen) atoms. The van der Waals surface area contributed by atoms with Crippen LogP contribution in [0.5, 0.6) is 0 Å². The van der Waals surface area contributed by atoms with Gasteiger partial charge in [0.15, 0.2) is 0 Å². The van der Waals surface area contributed by atoms with Gasteiger partial charge in [-0.2, -0.15) is 0 Å². The summed E-state index contributed by atoms with van der Waals surface area (Å²) < 4.78 is 0. The molecule has 14 rings (SSSR count). The van der Waals surface area contributed by atoms with Gasteiger partial charge in [-0.05, 0) is 183 Å². The van der Waals surface area contributed by atoms with Gasteiger partial charge >= 0.3 is 0 Å². The molecule has 0 heterocycles. The van der Waals surface area contributed by atoms with Gasteiger partial charge in [0.25, 0.3) is 0 Å². The van der Waals surface area contributed by atoms with Crippen molar-refractivity contribution in [2.45, 2.75) is 12.8 Å². The molecule has 0 atom stereocenters. The standard InChI is InChI=1S/C72H50N2/c1-4-21-51(22-5-1)62-43-44-66(64-33-17-16-32-63(62)64)72-68-42-40-59(73(55-27-6-2-7-28-55)57-37-35-49-19-10-12-24-53(49)45-57)47-69(68)71(65-34-18-26-52-23-14-15-31-61(52)65)67-41-39-60(48-70(67)72)74(56-29-8-3-9-30-56)58-38-36-50-20-11-13-25-54(50)46-58/h1-17,19-33,35-48H,18,34H2. The van der Waals surface area contributed by atoms with Crippen LogP contribution in [0.15, 0.2) is 273 Å². The number of nitrogens with zero attached hydrogens (tertiary/aromatic N) is 2. The average molecular weight is 943 g/mol. The molecule has 0 N–H and O–H groups in total. The SMILES string of the molecule is C1=c2ccccc2=C(c2c3cc(N(c4ccccc4)c4ccc5ccccc5c4)ccc3c(-c3ccc(-c4ccccc4)c4ccccc34)c3cc(N(c4ccccc4)c4ccc5ccccc5c4)ccc23)CC1. The zero-order valence-corrected chi connectivity index (χ0v) is 40.9. The lowest BCUT2D eigenvalue weighted by Gasteiger charge is -2.29. The molecule has 0 amide bonds. The van der Waals surface area contributed by atoms with Crippen LogP contribution in [0.1, 0.15) is 18.4 Å². The molecule has 2 nitrogen and oxygen atoms in total. The maximum Gasteiger partial charge on any atom is 0.0468 e. The summed E-state index contributed by atoms with van der Waals surface area (Å²) >= 11 is 0. The number of rotatable bonds is 9. The summed E-state index contributed by atoms with van der Waals surface area (Å²) in [5.41, 5.74) is 14.2. The highest BCUT2D eigenvalue weighted by Crippen LogP contribution is 2.49. The van der Waals surface area contributed by atoms with Gasteiger partial charge < -0.3 is 9.80 Å². The third-order valence-electron chi connectivity index (χ3n) is 15.2. The van der Waals surface area contributed by atoms with Gasteiger partial charge in [-0.3, -0.25) is 0 Å². The lowest BCUT2D eigenvalue weighted by atomic mass is 9.81. The van der Waals surface area contributed by atoms with Crippen molar-refractivity contribution in [2.75, 3.05) is 9.80 Å².